The number of nitrogens with zero attached hydrogens (tertiary/aromatic N) is 1. The van der Waals surface area contributed by atoms with Crippen LogP contribution in [0.25, 0.3) is 0 Å². The fourth-order valence-electron chi connectivity index (χ4n) is 0.580. The van der Waals surface area contributed by atoms with Crippen LogP contribution < -0.4 is 18.9 Å². The molecular weight excluding hydrogens is 152 g/mol. The molecule has 0 aliphatic rings. The Morgan fingerprint density at radius 3 is 1.82 bits per heavy atom. The summed E-state index contributed by atoms with van der Waals surface area (Å²) >= 11 is 5.72. The minimum atomic E-state index is -0.0137. The molecule has 0 N–H and O–H groups in total. The fraction of sp³-hybridized carbons (Fsp3) is 0.750. The van der Waals surface area contributed by atoms with Crippen LogP contribution in [0.2, 0.25) is 0 Å². The Morgan fingerprint density at radius 2 is 1.73 bits per heavy atom. The van der Waals surface area contributed by atoms with Crippen LogP contribution in [0.4, 0.5) is 0 Å². The average Bonchev–Trinajstić information content (AvgIpc) is 1.60. The van der Waals surface area contributed by atoms with Crippen LogP contribution >= 0.6 is 11.6 Å². The Labute approximate surface area is 86.8 Å². The van der Waals surface area contributed by atoms with Crippen LogP contribution in [0.1, 0.15) is 34.6 Å². The summed E-state index contributed by atoms with van der Waals surface area (Å²) in [4.78, 5) is 4.36. The quantitative estimate of drug-likeness (QED) is 0.297. The molecule has 0 bridgehead atoms. The van der Waals surface area contributed by atoms with Gasteiger partial charge in [-0.25, -0.2) is 0 Å². The zero-order valence-electron chi connectivity index (χ0n) is 8.33. The van der Waals surface area contributed by atoms with Gasteiger partial charge in [0.15, 0.2) is 0 Å². The third-order valence-electron chi connectivity index (χ3n) is 1.00. The second kappa shape index (κ2) is 5.14. The van der Waals surface area contributed by atoms with E-state index in [2.05, 4.69) is 25.8 Å². The first kappa shape index (κ1) is 14.0. The summed E-state index contributed by atoms with van der Waals surface area (Å²) in [6.45, 7) is 9.93. The first-order valence-electron chi connectivity index (χ1n) is 3.39. The molecule has 0 radical (unpaired) electrons. The van der Waals surface area contributed by atoms with Crippen molar-refractivity contribution in [2.24, 2.45) is 4.99 Å². The Balaban J connectivity index is 0. The van der Waals surface area contributed by atoms with Crippen molar-refractivity contribution >= 4 is 17.3 Å². The molecule has 0 heterocycles. The largest absolute Gasteiger partial charge is 1.00 e. The molecular formula is C8H15ClLiN. The van der Waals surface area contributed by atoms with Crippen molar-refractivity contribution in [2.75, 3.05) is 0 Å². The first-order valence-corrected chi connectivity index (χ1v) is 3.76. The average molecular weight is 168 g/mol. The van der Waals surface area contributed by atoms with Crippen LogP contribution in [0.5, 0.6) is 0 Å². The monoisotopic (exact) mass is 167 g/mol. The first-order chi connectivity index (χ1) is 4.33. The molecule has 0 aromatic heterocycles. The van der Waals surface area contributed by atoms with E-state index in [9.17, 15) is 0 Å². The van der Waals surface area contributed by atoms with Gasteiger partial charge in [-0.1, -0.05) is 6.92 Å². The Hall–Kier alpha value is 0.427. The molecule has 0 amide bonds. The van der Waals surface area contributed by atoms with E-state index in [1.807, 2.05) is 13.8 Å². The number of rotatable bonds is 1. The standard InChI is InChI=1S/C8H15ClN.Li/c1-6(9)7(2)10-8(3,4)5;/h1-5H3;/q-1;+1. The van der Waals surface area contributed by atoms with E-state index in [-0.39, 0.29) is 24.4 Å². The molecule has 3 heteroatoms. The van der Waals surface area contributed by atoms with Gasteiger partial charge in [-0.2, -0.15) is 6.92 Å². The van der Waals surface area contributed by atoms with E-state index in [1.165, 1.54) is 0 Å². The Bertz CT molecular complexity index is 136. The summed E-state index contributed by atoms with van der Waals surface area (Å²) in [5, 5.41) is 0.773. The molecule has 0 spiro atoms. The number of hydrogen-bond acceptors (Lipinski definition) is 1. The normalized spacial score (nSPS) is 12.4. The van der Waals surface area contributed by atoms with Crippen molar-refractivity contribution in [1.82, 2.24) is 0 Å². The van der Waals surface area contributed by atoms with Crippen LogP contribution in [0, 0.1) is 5.38 Å². The number of hydrogen-bond donors (Lipinski definition) is 0. The summed E-state index contributed by atoms with van der Waals surface area (Å²) < 4.78 is 0. The molecule has 0 unspecified atom stereocenters. The fourth-order valence-corrected chi connectivity index (χ4v) is 0.622. The SMILES string of the molecule is CC(=NC(C)(C)C)[C-](C)Cl.[Li+]. The maximum atomic E-state index is 5.72. The van der Waals surface area contributed by atoms with E-state index in [0.29, 0.717) is 0 Å². The zero-order valence-corrected chi connectivity index (χ0v) is 9.08. The third-order valence-corrected chi connectivity index (χ3v) is 1.28. The summed E-state index contributed by atoms with van der Waals surface area (Å²) in [5.74, 6) is 0. The Morgan fingerprint density at radius 1 is 1.36 bits per heavy atom. The van der Waals surface area contributed by atoms with Gasteiger partial charge in [0.1, 0.15) is 0 Å². The van der Waals surface area contributed by atoms with Crippen molar-refractivity contribution in [3.63, 3.8) is 0 Å². The second-order valence-corrected chi connectivity index (χ2v) is 3.97. The molecule has 11 heavy (non-hydrogen) atoms. The van der Waals surface area contributed by atoms with E-state index in [1.54, 1.807) is 0 Å². The van der Waals surface area contributed by atoms with Crippen LogP contribution in [0.3, 0.4) is 0 Å². The molecule has 0 saturated heterocycles. The van der Waals surface area contributed by atoms with Gasteiger partial charge < -0.3 is 16.6 Å². The summed E-state index contributed by atoms with van der Waals surface area (Å²) in [6, 6.07) is 0. The molecule has 1 nitrogen and oxygen atoms in total. The van der Waals surface area contributed by atoms with Crippen molar-refractivity contribution in [2.45, 2.75) is 40.2 Å². The van der Waals surface area contributed by atoms with Crippen molar-refractivity contribution in [3.8, 4) is 0 Å². The van der Waals surface area contributed by atoms with E-state index < -0.39 is 0 Å². The molecule has 0 aromatic carbocycles. The van der Waals surface area contributed by atoms with Gasteiger partial charge in [-0.15, -0.1) is 5.71 Å². The van der Waals surface area contributed by atoms with Crippen molar-refractivity contribution in [3.05, 3.63) is 5.38 Å². The summed E-state index contributed by atoms with van der Waals surface area (Å²) in [5.41, 5.74) is 0.911. The van der Waals surface area contributed by atoms with Gasteiger partial charge in [-0.3, -0.25) is 5.38 Å². The molecule has 0 aliphatic heterocycles. The minimum Gasteiger partial charge on any atom is -0.319 e. The third kappa shape index (κ3) is 8.33. The van der Waals surface area contributed by atoms with Gasteiger partial charge in [0.2, 0.25) is 0 Å². The Kier molecular flexibility index (Phi) is 6.53. The topological polar surface area (TPSA) is 12.4 Å². The van der Waals surface area contributed by atoms with Gasteiger partial charge in [0.05, 0.1) is 0 Å². The van der Waals surface area contributed by atoms with Crippen LogP contribution in [-0.4, -0.2) is 11.3 Å². The predicted octanol–water partition coefficient (Wildman–Crippen LogP) is 0.0405. The minimum absolute atomic E-state index is 0. The molecule has 0 rings (SSSR count). The molecule has 0 aliphatic carbocycles. The maximum Gasteiger partial charge on any atom is 1.00 e. The molecule has 0 saturated carbocycles. The predicted molar refractivity (Wildman–Crippen MR) is 47.6 cm³/mol. The van der Waals surface area contributed by atoms with Gasteiger partial charge in [0.25, 0.3) is 0 Å². The molecule has 0 fully saturated rings. The zero-order chi connectivity index (χ0) is 8.36. The maximum absolute atomic E-state index is 5.72. The van der Waals surface area contributed by atoms with E-state index in [0.717, 1.165) is 11.1 Å². The smallest absolute Gasteiger partial charge is 0.319 e. The van der Waals surface area contributed by atoms with Crippen LogP contribution in [0.15, 0.2) is 4.99 Å². The van der Waals surface area contributed by atoms with Gasteiger partial charge in [0, 0.05) is 5.54 Å². The summed E-state index contributed by atoms with van der Waals surface area (Å²) in [7, 11) is 0. The van der Waals surface area contributed by atoms with Crippen LogP contribution in [-0.2, 0) is 0 Å². The molecule has 60 valence electrons. The number of aliphatic imine (C=N–C) groups is 1. The van der Waals surface area contributed by atoms with Crippen molar-refractivity contribution in [1.29, 1.82) is 0 Å². The van der Waals surface area contributed by atoms with Gasteiger partial charge in [-0.05, 0) is 20.8 Å². The van der Waals surface area contributed by atoms with Crippen molar-refractivity contribution < 1.29 is 18.9 Å². The second-order valence-electron chi connectivity index (χ2n) is 3.40. The molecule has 0 aromatic rings. The molecule has 0 atom stereocenters. The number of halogens is 1. The van der Waals surface area contributed by atoms with E-state index >= 15 is 0 Å². The van der Waals surface area contributed by atoms with E-state index in [4.69, 9.17) is 11.6 Å². The summed E-state index contributed by atoms with van der Waals surface area (Å²) in [6.07, 6.45) is 0. The van der Waals surface area contributed by atoms with Gasteiger partial charge >= 0.3 is 18.9 Å².